The largest absolute Gasteiger partial charge is 0.452 e. The summed E-state index contributed by atoms with van der Waals surface area (Å²) in [7, 11) is 0. The number of benzene rings is 3. The highest BCUT2D eigenvalue weighted by molar-refractivity contribution is 6.22. The highest BCUT2D eigenvalue weighted by Crippen LogP contribution is 2.31. The van der Waals surface area contributed by atoms with E-state index in [1.54, 1.807) is 31.2 Å². The van der Waals surface area contributed by atoms with Gasteiger partial charge in [-0.2, -0.15) is 0 Å². The van der Waals surface area contributed by atoms with E-state index in [4.69, 9.17) is 4.74 Å². The maximum Gasteiger partial charge on any atom is 0.338 e. The minimum atomic E-state index is -0.803. The lowest BCUT2D eigenvalue weighted by Gasteiger charge is -2.27. The van der Waals surface area contributed by atoms with Crippen molar-refractivity contribution in [2.75, 3.05) is 16.8 Å². The Hall–Kier alpha value is -4.79. The number of nitrogens with one attached hydrogen (secondary N) is 1. The Bertz CT molecular complexity index is 1430. The highest BCUT2D eigenvalue weighted by atomic mass is 16.5. The molecule has 9 heteroatoms. The first-order valence-corrected chi connectivity index (χ1v) is 11.8. The number of carbonyl (C=O) groups excluding carboxylic acids is 5. The first-order valence-electron chi connectivity index (χ1n) is 11.8. The topological polar surface area (TPSA) is 113 Å². The standard InChI is InChI=1S/C28H23N3O6/c1-17-13-24(32)29-22-9-5-6-10-23(22)31(17)25(33)16-37-28(36)19-11-12-20-21(14-19)27(35)30(26(20)34)15-18-7-3-2-4-8-18/h2-12,14,17H,13,15-16H2,1H3,(H,29,32). The molecule has 1 unspecified atom stereocenters. The van der Waals surface area contributed by atoms with E-state index in [1.165, 1.54) is 23.1 Å². The molecule has 2 aliphatic heterocycles. The number of anilines is 2. The van der Waals surface area contributed by atoms with Gasteiger partial charge in [-0.3, -0.25) is 24.1 Å². The van der Waals surface area contributed by atoms with Crippen LogP contribution in [-0.4, -0.2) is 47.1 Å². The monoisotopic (exact) mass is 497 g/mol. The Morgan fingerprint density at radius 1 is 0.919 bits per heavy atom. The van der Waals surface area contributed by atoms with Gasteiger partial charge in [-0.1, -0.05) is 42.5 Å². The molecule has 5 rings (SSSR count). The molecule has 0 radical (unpaired) electrons. The molecule has 0 aromatic heterocycles. The summed E-state index contributed by atoms with van der Waals surface area (Å²) in [6.07, 6.45) is 0.0921. The van der Waals surface area contributed by atoms with Gasteiger partial charge < -0.3 is 15.0 Å². The van der Waals surface area contributed by atoms with Crippen LogP contribution in [0.2, 0.25) is 0 Å². The van der Waals surface area contributed by atoms with Gasteiger partial charge in [0.2, 0.25) is 5.91 Å². The smallest absolute Gasteiger partial charge is 0.338 e. The number of hydrogen-bond donors (Lipinski definition) is 1. The van der Waals surface area contributed by atoms with Gasteiger partial charge in [0.15, 0.2) is 6.61 Å². The zero-order valence-electron chi connectivity index (χ0n) is 20.0. The molecular weight excluding hydrogens is 474 g/mol. The average molecular weight is 498 g/mol. The van der Waals surface area contributed by atoms with E-state index in [1.807, 2.05) is 30.3 Å². The molecule has 0 spiro atoms. The second kappa shape index (κ2) is 9.69. The van der Waals surface area contributed by atoms with E-state index in [0.29, 0.717) is 11.4 Å². The maximum atomic E-state index is 13.1. The average Bonchev–Trinajstić information content (AvgIpc) is 3.04. The van der Waals surface area contributed by atoms with Crippen molar-refractivity contribution < 1.29 is 28.7 Å². The van der Waals surface area contributed by atoms with Crippen molar-refractivity contribution in [3.8, 4) is 0 Å². The number of carbonyl (C=O) groups is 5. The van der Waals surface area contributed by atoms with Gasteiger partial charge in [0, 0.05) is 12.5 Å². The van der Waals surface area contributed by atoms with E-state index in [-0.39, 0.29) is 35.6 Å². The minimum absolute atomic E-state index is 0.0513. The van der Waals surface area contributed by atoms with Crippen molar-refractivity contribution in [2.24, 2.45) is 0 Å². The van der Waals surface area contributed by atoms with Gasteiger partial charge in [0.25, 0.3) is 17.7 Å². The van der Waals surface area contributed by atoms with Crippen LogP contribution in [0.5, 0.6) is 0 Å². The fourth-order valence-electron chi connectivity index (χ4n) is 4.58. The van der Waals surface area contributed by atoms with Gasteiger partial charge in [0.05, 0.1) is 34.6 Å². The number of hydrogen-bond acceptors (Lipinski definition) is 6. The molecular formula is C28H23N3O6. The first kappa shape index (κ1) is 23.9. The highest BCUT2D eigenvalue weighted by Gasteiger charge is 2.36. The summed E-state index contributed by atoms with van der Waals surface area (Å²) >= 11 is 0. The van der Waals surface area contributed by atoms with Crippen LogP contribution in [0, 0.1) is 0 Å². The van der Waals surface area contributed by atoms with Crippen LogP contribution in [0.1, 0.15) is 50.0 Å². The van der Waals surface area contributed by atoms with Crippen molar-refractivity contribution in [3.05, 3.63) is 95.1 Å². The summed E-state index contributed by atoms with van der Waals surface area (Å²) in [4.78, 5) is 66.3. The zero-order valence-corrected chi connectivity index (χ0v) is 20.0. The normalized spacial score (nSPS) is 16.6. The van der Waals surface area contributed by atoms with Crippen LogP contribution < -0.4 is 10.2 Å². The molecule has 3 aromatic carbocycles. The van der Waals surface area contributed by atoms with Crippen molar-refractivity contribution in [3.63, 3.8) is 0 Å². The van der Waals surface area contributed by atoms with Crippen molar-refractivity contribution in [2.45, 2.75) is 25.9 Å². The van der Waals surface area contributed by atoms with Crippen molar-refractivity contribution >= 4 is 41.0 Å². The van der Waals surface area contributed by atoms with E-state index in [2.05, 4.69) is 5.32 Å². The lowest BCUT2D eigenvalue weighted by molar-refractivity contribution is -0.122. The third kappa shape index (κ3) is 4.58. The number of ether oxygens (including phenoxy) is 1. The van der Waals surface area contributed by atoms with Crippen molar-refractivity contribution in [1.29, 1.82) is 0 Å². The lowest BCUT2D eigenvalue weighted by atomic mass is 10.1. The third-order valence-corrected chi connectivity index (χ3v) is 6.34. The quantitative estimate of drug-likeness (QED) is 0.427. The first-order chi connectivity index (χ1) is 17.8. The van der Waals surface area contributed by atoms with Gasteiger partial charge in [-0.05, 0) is 42.8 Å². The molecule has 9 nitrogen and oxygen atoms in total. The fraction of sp³-hybridized carbons (Fsp3) is 0.179. The summed E-state index contributed by atoms with van der Waals surface area (Å²) in [5.74, 6) is -2.45. The molecule has 2 heterocycles. The molecule has 0 saturated heterocycles. The summed E-state index contributed by atoms with van der Waals surface area (Å²) < 4.78 is 5.27. The number of imide groups is 1. The lowest BCUT2D eigenvalue weighted by Crippen LogP contribution is -2.41. The zero-order chi connectivity index (χ0) is 26.1. The Morgan fingerprint density at radius 3 is 2.41 bits per heavy atom. The van der Waals surface area contributed by atoms with Crippen LogP contribution >= 0.6 is 0 Å². The number of rotatable bonds is 5. The Kier molecular flexibility index (Phi) is 6.27. The third-order valence-electron chi connectivity index (χ3n) is 6.34. The van der Waals surface area contributed by atoms with Crippen LogP contribution in [0.4, 0.5) is 11.4 Å². The van der Waals surface area contributed by atoms with E-state index < -0.39 is 36.3 Å². The number of esters is 1. The fourth-order valence-corrected chi connectivity index (χ4v) is 4.58. The summed E-state index contributed by atoms with van der Waals surface area (Å²) in [5, 5.41) is 2.77. The van der Waals surface area contributed by atoms with Crippen LogP contribution in [0.3, 0.4) is 0 Å². The van der Waals surface area contributed by atoms with Crippen LogP contribution in [0.25, 0.3) is 0 Å². The maximum absolute atomic E-state index is 13.1. The van der Waals surface area contributed by atoms with Crippen LogP contribution in [0.15, 0.2) is 72.8 Å². The molecule has 186 valence electrons. The molecule has 4 amide bonds. The molecule has 37 heavy (non-hydrogen) atoms. The van der Waals surface area contributed by atoms with Gasteiger partial charge in [-0.15, -0.1) is 0 Å². The predicted octanol–water partition coefficient (Wildman–Crippen LogP) is 3.40. The number of para-hydroxylation sites is 2. The Morgan fingerprint density at radius 2 is 1.62 bits per heavy atom. The molecule has 1 atom stereocenters. The molecule has 3 aromatic rings. The Balaban J connectivity index is 1.29. The molecule has 0 fully saturated rings. The number of fused-ring (bicyclic) bond motifs is 2. The molecule has 0 saturated carbocycles. The second-order valence-corrected chi connectivity index (χ2v) is 8.90. The Labute approximate surface area is 212 Å². The summed E-state index contributed by atoms with van der Waals surface area (Å²) in [5.41, 5.74) is 2.19. The van der Waals surface area contributed by atoms with E-state index >= 15 is 0 Å². The van der Waals surface area contributed by atoms with Crippen LogP contribution in [-0.2, 0) is 20.9 Å². The molecule has 1 N–H and O–H groups in total. The van der Waals surface area contributed by atoms with Gasteiger partial charge in [-0.25, -0.2) is 4.79 Å². The van der Waals surface area contributed by atoms with Crippen molar-refractivity contribution in [1.82, 2.24) is 4.90 Å². The van der Waals surface area contributed by atoms with E-state index in [9.17, 15) is 24.0 Å². The summed E-state index contributed by atoms with van der Waals surface area (Å²) in [6, 6.07) is 19.7. The molecule has 0 bridgehead atoms. The number of amides is 4. The van der Waals surface area contributed by atoms with Gasteiger partial charge in [0.1, 0.15) is 0 Å². The predicted molar refractivity (Wildman–Crippen MR) is 134 cm³/mol. The van der Waals surface area contributed by atoms with Gasteiger partial charge >= 0.3 is 5.97 Å². The molecule has 2 aliphatic rings. The molecule has 0 aliphatic carbocycles. The number of nitrogens with zero attached hydrogens (tertiary/aromatic N) is 2. The summed E-state index contributed by atoms with van der Waals surface area (Å²) in [6.45, 7) is 1.30. The second-order valence-electron chi connectivity index (χ2n) is 8.90. The minimum Gasteiger partial charge on any atom is -0.452 e. The SMILES string of the molecule is CC1CC(=O)Nc2ccccc2N1C(=O)COC(=O)c1ccc2c(c1)C(=O)N(Cc1ccccc1)C2=O. The van der Waals surface area contributed by atoms with E-state index in [0.717, 1.165) is 10.5 Å².